The Labute approximate surface area is 114 Å². The molecule has 1 aromatic heterocycles. The zero-order valence-corrected chi connectivity index (χ0v) is 11.4. The maximum atomic E-state index is 4.41. The first-order chi connectivity index (χ1) is 9.33. The van der Waals surface area contributed by atoms with Crippen molar-refractivity contribution in [1.82, 2.24) is 10.3 Å². The topological polar surface area (TPSA) is 24.9 Å². The van der Waals surface area contributed by atoms with Crippen molar-refractivity contribution in [3.8, 4) is 0 Å². The van der Waals surface area contributed by atoms with Crippen molar-refractivity contribution in [3.05, 3.63) is 48.2 Å². The van der Waals surface area contributed by atoms with Gasteiger partial charge in [-0.25, -0.2) is 0 Å². The van der Waals surface area contributed by atoms with E-state index in [1.807, 2.05) is 12.3 Å². The molecule has 2 nitrogen and oxygen atoms in total. The number of benzene rings is 1. The normalized spacial score (nSPS) is 15.9. The van der Waals surface area contributed by atoms with Crippen LogP contribution in [0.3, 0.4) is 0 Å². The Hall–Kier alpha value is -1.67. The molecule has 1 aromatic carbocycles. The van der Waals surface area contributed by atoms with Crippen LogP contribution in [0.4, 0.5) is 0 Å². The van der Waals surface area contributed by atoms with E-state index < -0.39 is 0 Å². The van der Waals surface area contributed by atoms with Crippen LogP contribution in [-0.2, 0) is 0 Å². The largest absolute Gasteiger partial charge is 0.314 e. The number of rotatable bonds is 5. The lowest BCUT2D eigenvalue weighted by atomic mass is 10.0. The van der Waals surface area contributed by atoms with Crippen molar-refractivity contribution in [2.45, 2.75) is 32.2 Å². The molecule has 0 bridgehead atoms. The number of nitrogens with zero attached hydrogens (tertiary/aromatic N) is 1. The molecule has 0 unspecified atom stereocenters. The highest BCUT2D eigenvalue weighted by Gasteiger charge is 2.19. The fraction of sp³-hybridized carbons (Fsp3) is 0.353. The lowest BCUT2D eigenvalue weighted by Crippen LogP contribution is -2.16. The second-order valence-electron chi connectivity index (χ2n) is 5.32. The van der Waals surface area contributed by atoms with Crippen LogP contribution in [0, 0.1) is 0 Å². The van der Waals surface area contributed by atoms with Gasteiger partial charge in [-0.05, 0) is 56.0 Å². The summed E-state index contributed by atoms with van der Waals surface area (Å²) in [5, 5.41) is 4.74. The predicted molar refractivity (Wildman–Crippen MR) is 81.0 cm³/mol. The van der Waals surface area contributed by atoms with Crippen LogP contribution in [-0.4, -0.2) is 17.6 Å². The molecule has 2 aromatic rings. The Kier molecular flexibility index (Phi) is 3.60. The van der Waals surface area contributed by atoms with Gasteiger partial charge in [0.05, 0.1) is 5.52 Å². The van der Waals surface area contributed by atoms with E-state index in [-0.39, 0.29) is 0 Å². The summed E-state index contributed by atoms with van der Waals surface area (Å²) in [6.45, 7) is 3.27. The number of hydrogen-bond donors (Lipinski definition) is 1. The first-order valence-corrected chi connectivity index (χ1v) is 7.08. The summed E-state index contributed by atoms with van der Waals surface area (Å²) in [6.07, 6.45) is 7.99. The summed E-state index contributed by atoms with van der Waals surface area (Å²) in [4.78, 5) is 4.41. The fourth-order valence-corrected chi connectivity index (χ4v) is 2.29. The Morgan fingerprint density at radius 2 is 2.26 bits per heavy atom. The average Bonchev–Trinajstić information content (AvgIpc) is 3.27. The van der Waals surface area contributed by atoms with Gasteiger partial charge in [-0.15, -0.1) is 0 Å². The summed E-state index contributed by atoms with van der Waals surface area (Å²) in [5.74, 6) is 0. The minimum atomic E-state index is 0.804. The van der Waals surface area contributed by atoms with Crippen molar-refractivity contribution >= 4 is 16.5 Å². The van der Waals surface area contributed by atoms with Crippen molar-refractivity contribution in [2.24, 2.45) is 0 Å². The van der Waals surface area contributed by atoms with Crippen LogP contribution in [0.15, 0.2) is 42.6 Å². The van der Waals surface area contributed by atoms with E-state index in [0.29, 0.717) is 0 Å². The zero-order valence-electron chi connectivity index (χ0n) is 11.4. The van der Waals surface area contributed by atoms with Gasteiger partial charge in [-0.3, -0.25) is 4.98 Å². The van der Waals surface area contributed by atoms with Crippen LogP contribution in [0.25, 0.3) is 16.5 Å². The molecule has 1 aliphatic carbocycles. The highest BCUT2D eigenvalue weighted by atomic mass is 14.9. The summed E-state index contributed by atoms with van der Waals surface area (Å²) in [7, 11) is 0. The molecule has 19 heavy (non-hydrogen) atoms. The molecule has 1 N–H and O–H groups in total. The highest BCUT2D eigenvalue weighted by molar-refractivity contribution is 5.82. The Morgan fingerprint density at radius 1 is 1.37 bits per heavy atom. The van der Waals surface area contributed by atoms with Crippen LogP contribution in [0.2, 0.25) is 0 Å². The average molecular weight is 252 g/mol. The number of pyridine rings is 1. The maximum Gasteiger partial charge on any atom is 0.0708 e. The molecule has 0 saturated heterocycles. The monoisotopic (exact) mass is 252 g/mol. The van der Waals surface area contributed by atoms with Crippen molar-refractivity contribution in [3.63, 3.8) is 0 Å². The third-order valence-corrected chi connectivity index (χ3v) is 3.67. The lowest BCUT2D eigenvalue weighted by molar-refractivity contribution is 0.690. The quantitative estimate of drug-likeness (QED) is 0.819. The Bertz CT molecular complexity index is 597. The van der Waals surface area contributed by atoms with E-state index in [2.05, 4.69) is 47.6 Å². The van der Waals surface area contributed by atoms with E-state index in [0.717, 1.165) is 24.5 Å². The van der Waals surface area contributed by atoms with Crippen LogP contribution < -0.4 is 5.32 Å². The molecular weight excluding hydrogens is 232 g/mol. The van der Waals surface area contributed by atoms with Gasteiger partial charge < -0.3 is 5.32 Å². The molecule has 0 aliphatic heterocycles. The van der Waals surface area contributed by atoms with Crippen LogP contribution in [0.5, 0.6) is 0 Å². The van der Waals surface area contributed by atoms with Gasteiger partial charge in [-0.1, -0.05) is 24.3 Å². The second kappa shape index (κ2) is 5.54. The van der Waals surface area contributed by atoms with E-state index >= 15 is 0 Å². The van der Waals surface area contributed by atoms with E-state index in [1.54, 1.807) is 0 Å². The predicted octanol–water partition coefficient (Wildman–Crippen LogP) is 3.78. The molecule has 1 aliphatic rings. The molecule has 2 heteroatoms. The molecule has 98 valence electrons. The van der Waals surface area contributed by atoms with Crippen molar-refractivity contribution < 1.29 is 0 Å². The molecule has 3 rings (SSSR count). The van der Waals surface area contributed by atoms with Gasteiger partial charge in [0.2, 0.25) is 0 Å². The summed E-state index contributed by atoms with van der Waals surface area (Å²) in [6, 6.07) is 11.4. The number of aromatic nitrogens is 1. The number of allylic oxidation sites excluding steroid dienone is 1. The number of hydrogen-bond acceptors (Lipinski definition) is 2. The third-order valence-electron chi connectivity index (χ3n) is 3.67. The SMILES string of the molecule is C/C(=C/CCNC1CC1)c1ccc2cccnc2c1. The molecule has 0 amide bonds. The number of fused-ring (bicyclic) bond motifs is 1. The molecule has 0 radical (unpaired) electrons. The standard InChI is InChI=1S/C17H20N2/c1-13(4-2-10-18-16-8-9-16)15-7-6-14-5-3-11-19-17(14)12-15/h3-7,11-12,16,18H,2,8-10H2,1H3/b13-4-. The first-order valence-electron chi connectivity index (χ1n) is 7.08. The summed E-state index contributed by atoms with van der Waals surface area (Å²) >= 11 is 0. The summed E-state index contributed by atoms with van der Waals surface area (Å²) in [5.41, 5.74) is 3.69. The van der Waals surface area contributed by atoms with Gasteiger partial charge in [0.25, 0.3) is 0 Å². The lowest BCUT2D eigenvalue weighted by Gasteiger charge is -2.04. The van der Waals surface area contributed by atoms with Crippen molar-refractivity contribution in [2.75, 3.05) is 6.54 Å². The summed E-state index contributed by atoms with van der Waals surface area (Å²) < 4.78 is 0. The van der Waals surface area contributed by atoms with E-state index in [9.17, 15) is 0 Å². The molecule has 0 atom stereocenters. The smallest absolute Gasteiger partial charge is 0.0708 e. The van der Waals surface area contributed by atoms with E-state index in [4.69, 9.17) is 0 Å². The zero-order chi connectivity index (χ0) is 13.1. The molecule has 1 fully saturated rings. The van der Waals surface area contributed by atoms with E-state index in [1.165, 1.54) is 29.4 Å². The minimum absolute atomic E-state index is 0.804. The van der Waals surface area contributed by atoms with Crippen LogP contribution in [0.1, 0.15) is 31.7 Å². The highest BCUT2D eigenvalue weighted by Crippen LogP contribution is 2.20. The van der Waals surface area contributed by atoms with Crippen molar-refractivity contribution in [1.29, 1.82) is 0 Å². The second-order valence-corrected chi connectivity index (χ2v) is 5.32. The fourth-order valence-electron chi connectivity index (χ4n) is 2.29. The Morgan fingerprint density at radius 3 is 3.11 bits per heavy atom. The molecular formula is C17H20N2. The molecule has 1 heterocycles. The van der Waals surface area contributed by atoms with Gasteiger partial charge in [0, 0.05) is 17.6 Å². The first kappa shape index (κ1) is 12.4. The molecule has 0 spiro atoms. The molecule has 1 saturated carbocycles. The third kappa shape index (κ3) is 3.21. The van der Waals surface area contributed by atoms with Crippen LogP contribution >= 0.6 is 0 Å². The Balaban J connectivity index is 1.68. The minimum Gasteiger partial charge on any atom is -0.314 e. The van der Waals surface area contributed by atoms with Gasteiger partial charge in [-0.2, -0.15) is 0 Å². The van der Waals surface area contributed by atoms with Gasteiger partial charge in [0.1, 0.15) is 0 Å². The van der Waals surface area contributed by atoms with Gasteiger partial charge >= 0.3 is 0 Å². The maximum absolute atomic E-state index is 4.41. The van der Waals surface area contributed by atoms with Gasteiger partial charge in [0.15, 0.2) is 0 Å². The number of nitrogens with one attached hydrogen (secondary N) is 1.